The van der Waals surface area contributed by atoms with Crippen molar-refractivity contribution in [2.24, 2.45) is 15.0 Å². The number of aromatic nitrogens is 2. The average molecular weight is 940 g/mol. The summed E-state index contributed by atoms with van der Waals surface area (Å²) < 4.78 is 4.87. The van der Waals surface area contributed by atoms with E-state index in [1.807, 2.05) is 30.3 Å². The summed E-state index contributed by atoms with van der Waals surface area (Å²) in [4.78, 5) is 15.0. The lowest BCUT2D eigenvalue weighted by Gasteiger charge is -2.31. The molecule has 0 saturated heterocycles. The first-order chi connectivity index (χ1) is 35.8. The van der Waals surface area contributed by atoms with Gasteiger partial charge < -0.3 is 9.13 Å². The molecule has 0 fully saturated rings. The molecule has 5 nitrogen and oxygen atoms in total. The lowest BCUT2D eigenvalue weighted by atomic mass is 9.74. The highest BCUT2D eigenvalue weighted by Gasteiger charge is 2.36. The largest absolute Gasteiger partial charge is 0.313 e. The van der Waals surface area contributed by atoms with Crippen LogP contribution in [0.3, 0.4) is 0 Å². The van der Waals surface area contributed by atoms with E-state index >= 15 is 0 Å². The summed E-state index contributed by atoms with van der Waals surface area (Å²) in [7, 11) is 0. The predicted molar refractivity (Wildman–Crippen MR) is 306 cm³/mol. The molecule has 2 aliphatic rings. The van der Waals surface area contributed by atoms with Gasteiger partial charge in [-0.25, -0.2) is 9.98 Å². The molecule has 0 bridgehead atoms. The molecular weight excluding hydrogens is 887 g/mol. The van der Waals surface area contributed by atoms with E-state index < -0.39 is 0 Å². The number of hydrogen-bond acceptors (Lipinski definition) is 1. The Labute approximate surface area is 426 Å². The molecule has 0 aliphatic heterocycles. The summed E-state index contributed by atoms with van der Waals surface area (Å²) in [6, 6.07) is 78.7. The quantitative estimate of drug-likeness (QED) is 0.108. The maximum Gasteiger partial charge on any atom is 0.161 e. The van der Waals surface area contributed by atoms with Crippen LogP contribution in [0.5, 0.6) is 0 Å². The number of nitrogens with zero attached hydrogens (tertiary/aromatic N) is 5. The van der Waals surface area contributed by atoms with E-state index in [4.69, 9.17) is 9.98 Å². The smallest absolute Gasteiger partial charge is 0.161 e. The van der Waals surface area contributed by atoms with E-state index in [1.165, 1.54) is 82.9 Å². The van der Waals surface area contributed by atoms with E-state index in [0.717, 1.165) is 34.5 Å². The Morgan fingerprint density at radius 3 is 1.99 bits per heavy atom. The first-order valence-corrected chi connectivity index (χ1v) is 25.3. The van der Waals surface area contributed by atoms with Crippen molar-refractivity contribution in [3.05, 3.63) is 269 Å². The standard InChI is InChI=1S/C68H53N5/c1-67(2)59-30-14-11-27-53(59)54-35-33-45(39-60(54)67)44-70-66(71-65(69-4)46-19-7-5-8-20-46)49-22-17-23-50(40-49)68(3)38-37-57-55-28-12-15-31-61(55)73(64(57)43-68)52-26-18-21-47(41-52)48-34-36-63-58(42-48)56-29-13-16-32-62(56)72(63)51-24-9-6-10-25-51/h5-42H,4,43-44H2,1-3H3/b70-66-,71-65-. The SMILES string of the molecule is C=N/C(=N\C(=N/Cc1ccc2c(c1)C(C)(C)c1ccccc1-2)c1cccc(C2(C)C=Cc3c(n(-c4cccc(-c5ccc6c(c5)c5ccccc5n6-c5ccccc5)c4)c4ccccc34)C2)c1)c1ccccc1. The first kappa shape index (κ1) is 44.0. The van der Waals surface area contributed by atoms with Crippen LogP contribution < -0.4 is 0 Å². The number of benzene rings is 9. The summed E-state index contributed by atoms with van der Waals surface area (Å²) in [6.07, 6.45) is 5.53. The molecule has 350 valence electrons. The summed E-state index contributed by atoms with van der Waals surface area (Å²) >= 11 is 0. The number of aliphatic imine (C=N–C) groups is 3. The second-order valence-electron chi connectivity index (χ2n) is 20.3. The molecule has 2 heterocycles. The van der Waals surface area contributed by atoms with Crippen LogP contribution in [0, 0.1) is 0 Å². The first-order valence-electron chi connectivity index (χ1n) is 25.3. The molecule has 0 spiro atoms. The molecule has 9 aromatic carbocycles. The number of para-hydroxylation sites is 3. The van der Waals surface area contributed by atoms with Crippen molar-refractivity contribution in [2.45, 2.75) is 44.6 Å². The maximum atomic E-state index is 5.33. The van der Waals surface area contributed by atoms with Crippen molar-refractivity contribution in [3.8, 4) is 33.6 Å². The van der Waals surface area contributed by atoms with Crippen LogP contribution in [0.1, 0.15) is 65.4 Å². The van der Waals surface area contributed by atoms with Gasteiger partial charge in [0.05, 0.1) is 23.1 Å². The van der Waals surface area contributed by atoms with Crippen molar-refractivity contribution >= 4 is 57.2 Å². The molecule has 2 aliphatic carbocycles. The minimum absolute atomic E-state index is 0.104. The highest BCUT2D eigenvalue weighted by molar-refractivity contribution is 6.13. The Hall–Kier alpha value is -8.93. The van der Waals surface area contributed by atoms with Gasteiger partial charge in [0.2, 0.25) is 0 Å². The second-order valence-corrected chi connectivity index (χ2v) is 20.3. The molecule has 1 unspecified atom stereocenters. The Morgan fingerprint density at radius 2 is 1.16 bits per heavy atom. The third-order valence-corrected chi connectivity index (χ3v) is 15.5. The molecule has 0 radical (unpaired) electrons. The van der Waals surface area contributed by atoms with Crippen LogP contribution in [0.15, 0.2) is 239 Å². The Bertz CT molecular complexity index is 4090. The highest BCUT2D eigenvalue weighted by Crippen LogP contribution is 2.49. The van der Waals surface area contributed by atoms with Crippen molar-refractivity contribution in [3.63, 3.8) is 0 Å². The minimum atomic E-state index is -0.348. The summed E-state index contributed by atoms with van der Waals surface area (Å²) in [5, 5.41) is 3.73. The summed E-state index contributed by atoms with van der Waals surface area (Å²) in [6.45, 7) is 11.4. The third kappa shape index (κ3) is 7.42. The Balaban J connectivity index is 0.875. The van der Waals surface area contributed by atoms with Gasteiger partial charge in [0.15, 0.2) is 11.7 Å². The van der Waals surface area contributed by atoms with Crippen molar-refractivity contribution in [1.29, 1.82) is 0 Å². The number of fused-ring (bicyclic) bond motifs is 9. The molecule has 5 heteroatoms. The molecular formula is C68H53N5. The monoisotopic (exact) mass is 939 g/mol. The van der Waals surface area contributed by atoms with Gasteiger partial charge in [-0.1, -0.05) is 197 Å². The molecule has 73 heavy (non-hydrogen) atoms. The fourth-order valence-corrected chi connectivity index (χ4v) is 11.8. The van der Waals surface area contributed by atoms with Gasteiger partial charge in [0.1, 0.15) is 0 Å². The number of rotatable bonds is 8. The molecule has 11 aromatic rings. The van der Waals surface area contributed by atoms with Crippen LogP contribution in [0.25, 0.3) is 72.4 Å². The fourth-order valence-electron chi connectivity index (χ4n) is 11.8. The van der Waals surface area contributed by atoms with Crippen LogP contribution in [0.2, 0.25) is 0 Å². The number of amidine groups is 2. The lowest BCUT2D eigenvalue weighted by Crippen LogP contribution is -2.26. The van der Waals surface area contributed by atoms with E-state index in [2.05, 4.69) is 242 Å². The van der Waals surface area contributed by atoms with Gasteiger partial charge >= 0.3 is 0 Å². The topological polar surface area (TPSA) is 46.9 Å². The van der Waals surface area contributed by atoms with E-state index in [0.29, 0.717) is 18.2 Å². The van der Waals surface area contributed by atoms with E-state index in [1.54, 1.807) is 0 Å². The molecule has 2 aromatic heterocycles. The lowest BCUT2D eigenvalue weighted by molar-refractivity contribution is 0.573. The zero-order valence-electron chi connectivity index (χ0n) is 41.3. The summed E-state index contributed by atoms with van der Waals surface area (Å²) in [5.74, 6) is 1.16. The van der Waals surface area contributed by atoms with Crippen LogP contribution in [-0.4, -0.2) is 27.5 Å². The third-order valence-electron chi connectivity index (χ3n) is 15.5. The summed E-state index contributed by atoms with van der Waals surface area (Å²) in [5.41, 5.74) is 19.8. The van der Waals surface area contributed by atoms with Crippen molar-refractivity contribution in [1.82, 2.24) is 9.13 Å². The molecule has 0 amide bonds. The van der Waals surface area contributed by atoms with Crippen molar-refractivity contribution in [2.75, 3.05) is 0 Å². The van der Waals surface area contributed by atoms with Gasteiger partial charge in [-0.05, 0) is 106 Å². The normalized spacial score (nSPS) is 15.9. The van der Waals surface area contributed by atoms with Gasteiger partial charge in [-0.3, -0.25) is 4.99 Å². The average Bonchev–Trinajstić information content (AvgIpc) is 4.03. The van der Waals surface area contributed by atoms with Gasteiger partial charge in [0.25, 0.3) is 0 Å². The zero-order chi connectivity index (χ0) is 49.3. The Morgan fingerprint density at radius 1 is 0.507 bits per heavy atom. The maximum absolute atomic E-state index is 5.33. The van der Waals surface area contributed by atoms with Crippen molar-refractivity contribution < 1.29 is 0 Å². The van der Waals surface area contributed by atoms with E-state index in [-0.39, 0.29) is 10.8 Å². The zero-order valence-corrected chi connectivity index (χ0v) is 41.3. The minimum Gasteiger partial charge on any atom is -0.313 e. The van der Waals surface area contributed by atoms with Crippen LogP contribution >= 0.6 is 0 Å². The number of hydrogen-bond donors (Lipinski definition) is 0. The van der Waals surface area contributed by atoms with Gasteiger partial charge in [-0.2, -0.15) is 0 Å². The van der Waals surface area contributed by atoms with Crippen LogP contribution in [-0.2, 0) is 23.8 Å². The molecule has 0 saturated carbocycles. The Kier molecular flexibility index (Phi) is 10.5. The molecule has 0 N–H and O–H groups in total. The van der Waals surface area contributed by atoms with E-state index in [9.17, 15) is 0 Å². The second kappa shape index (κ2) is 17.4. The number of allylic oxidation sites excluding steroid dienone is 1. The fraction of sp³-hybridized carbons (Fsp3) is 0.103. The predicted octanol–water partition coefficient (Wildman–Crippen LogP) is 16.3. The van der Waals surface area contributed by atoms with Gasteiger partial charge in [0, 0.05) is 67.2 Å². The molecule has 13 rings (SSSR count). The highest BCUT2D eigenvalue weighted by atomic mass is 15.0. The molecule has 1 atom stereocenters. The van der Waals surface area contributed by atoms with Gasteiger partial charge in [-0.15, -0.1) is 0 Å². The van der Waals surface area contributed by atoms with Crippen LogP contribution in [0.4, 0.5) is 0 Å².